The average Bonchev–Trinajstić information content (AvgIpc) is 2.14. The Bertz CT molecular complexity index is 325. The highest BCUT2D eigenvalue weighted by molar-refractivity contribution is 9.10. The van der Waals surface area contributed by atoms with Crippen LogP contribution in [0.1, 0.15) is 31.0 Å². The number of halogens is 1. The highest BCUT2D eigenvalue weighted by Crippen LogP contribution is 2.23. The summed E-state index contributed by atoms with van der Waals surface area (Å²) in [7, 11) is 0. The second-order valence-corrected chi connectivity index (χ2v) is 4.87. The van der Waals surface area contributed by atoms with Crippen LogP contribution in [-0.4, -0.2) is 12.7 Å². The van der Waals surface area contributed by atoms with Crippen LogP contribution in [0.2, 0.25) is 0 Å². The van der Waals surface area contributed by atoms with Crippen molar-refractivity contribution in [2.45, 2.75) is 32.9 Å². The lowest BCUT2D eigenvalue weighted by Gasteiger charge is -2.16. The normalized spacial score (nSPS) is 13.2. The lowest BCUT2D eigenvalue weighted by atomic mass is 10.1. The van der Waals surface area contributed by atoms with Gasteiger partial charge < -0.3 is 10.5 Å². The SMILES string of the molecule is Cc1ccc(C(N)COC(C)C)c(Br)c1. The summed E-state index contributed by atoms with van der Waals surface area (Å²) in [4.78, 5) is 0. The van der Waals surface area contributed by atoms with E-state index in [1.165, 1.54) is 5.56 Å². The quantitative estimate of drug-likeness (QED) is 0.913. The van der Waals surface area contributed by atoms with E-state index in [0.717, 1.165) is 10.0 Å². The van der Waals surface area contributed by atoms with Crippen LogP contribution in [0.4, 0.5) is 0 Å². The third-order valence-corrected chi connectivity index (χ3v) is 2.85. The first-order chi connectivity index (χ1) is 7.00. The second kappa shape index (κ2) is 5.64. The first kappa shape index (κ1) is 12.7. The predicted molar refractivity (Wildman–Crippen MR) is 66.9 cm³/mol. The largest absolute Gasteiger partial charge is 0.377 e. The number of nitrogens with two attached hydrogens (primary N) is 1. The van der Waals surface area contributed by atoms with Crippen LogP contribution in [0.15, 0.2) is 22.7 Å². The smallest absolute Gasteiger partial charge is 0.0663 e. The van der Waals surface area contributed by atoms with Crippen molar-refractivity contribution < 1.29 is 4.74 Å². The maximum atomic E-state index is 6.04. The van der Waals surface area contributed by atoms with Crippen molar-refractivity contribution in [3.05, 3.63) is 33.8 Å². The van der Waals surface area contributed by atoms with E-state index in [1.54, 1.807) is 0 Å². The minimum absolute atomic E-state index is 0.0672. The zero-order chi connectivity index (χ0) is 11.4. The van der Waals surface area contributed by atoms with Crippen molar-refractivity contribution in [3.8, 4) is 0 Å². The molecule has 2 nitrogen and oxygen atoms in total. The summed E-state index contributed by atoms with van der Waals surface area (Å²) in [5, 5.41) is 0. The molecule has 1 aromatic rings. The summed E-state index contributed by atoms with van der Waals surface area (Å²) in [6, 6.07) is 6.12. The maximum absolute atomic E-state index is 6.04. The van der Waals surface area contributed by atoms with Gasteiger partial charge in [0.25, 0.3) is 0 Å². The van der Waals surface area contributed by atoms with Gasteiger partial charge in [-0.3, -0.25) is 0 Å². The fourth-order valence-electron chi connectivity index (χ4n) is 1.32. The fraction of sp³-hybridized carbons (Fsp3) is 0.500. The topological polar surface area (TPSA) is 35.2 Å². The summed E-state index contributed by atoms with van der Waals surface area (Å²) in [6.07, 6.45) is 0.222. The molecular formula is C12H18BrNO. The molecule has 3 heteroatoms. The molecule has 0 radical (unpaired) electrons. The molecule has 0 spiro atoms. The van der Waals surface area contributed by atoms with Crippen LogP contribution in [0.3, 0.4) is 0 Å². The molecule has 1 unspecified atom stereocenters. The number of benzene rings is 1. The molecule has 2 N–H and O–H groups in total. The Morgan fingerprint density at radius 2 is 2.07 bits per heavy atom. The Morgan fingerprint density at radius 1 is 1.40 bits per heavy atom. The van der Waals surface area contributed by atoms with Gasteiger partial charge in [-0.2, -0.15) is 0 Å². The molecule has 0 aliphatic heterocycles. The molecule has 1 rings (SSSR count). The van der Waals surface area contributed by atoms with Gasteiger partial charge in [-0.25, -0.2) is 0 Å². The summed E-state index contributed by atoms with van der Waals surface area (Å²) < 4.78 is 6.56. The van der Waals surface area contributed by atoms with Gasteiger partial charge in [-0.05, 0) is 38.0 Å². The van der Waals surface area contributed by atoms with Gasteiger partial charge in [0, 0.05) is 4.47 Å². The summed E-state index contributed by atoms with van der Waals surface area (Å²) in [5.41, 5.74) is 8.36. The highest BCUT2D eigenvalue weighted by atomic mass is 79.9. The Morgan fingerprint density at radius 3 is 2.60 bits per heavy atom. The van der Waals surface area contributed by atoms with Crippen molar-refractivity contribution in [1.29, 1.82) is 0 Å². The van der Waals surface area contributed by atoms with E-state index < -0.39 is 0 Å². The maximum Gasteiger partial charge on any atom is 0.0663 e. The highest BCUT2D eigenvalue weighted by Gasteiger charge is 2.10. The standard InChI is InChI=1S/C12H18BrNO/c1-8(2)15-7-12(14)10-5-4-9(3)6-11(10)13/h4-6,8,12H,7,14H2,1-3H3. The molecule has 0 heterocycles. The van der Waals surface area contributed by atoms with Crippen LogP contribution in [0, 0.1) is 6.92 Å². The Kier molecular flexibility index (Phi) is 4.77. The lowest BCUT2D eigenvalue weighted by Crippen LogP contribution is -2.20. The van der Waals surface area contributed by atoms with Crippen LogP contribution >= 0.6 is 15.9 Å². The first-order valence-electron chi connectivity index (χ1n) is 5.14. The third kappa shape index (κ3) is 3.93. The van der Waals surface area contributed by atoms with Gasteiger partial charge in [0.05, 0.1) is 18.8 Å². The van der Waals surface area contributed by atoms with Crippen LogP contribution < -0.4 is 5.73 Å². The third-order valence-electron chi connectivity index (χ3n) is 2.16. The monoisotopic (exact) mass is 271 g/mol. The van der Waals surface area contributed by atoms with Crippen LogP contribution in [0.5, 0.6) is 0 Å². The molecule has 0 fully saturated rings. The lowest BCUT2D eigenvalue weighted by molar-refractivity contribution is 0.0682. The van der Waals surface area contributed by atoms with E-state index >= 15 is 0 Å². The minimum Gasteiger partial charge on any atom is -0.377 e. The van der Waals surface area contributed by atoms with Gasteiger partial charge in [-0.1, -0.05) is 28.1 Å². The molecule has 1 atom stereocenters. The predicted octanol–water partition coefficient (Wildman–Crippen LogP) is 3.18. The molecule has 0 bridgehead atoms. The zero-order valence-corrected chi connectivity index (χ0v) is 11.0. The van der Waals surface area contributed by atoms with Gasteiger partial charge in [-0.15, -0.1) is 0 Å². The van der Waals surface area contributed by atoms with Gasteiger partial charge in [0.1, 0.15) is 0 Å². The van der Waals surface area contributed by atoms with Crippen LogP contribution in [0.25, 0.3) is 0 Å². The molecule has 0 aliphatic carbocycles. The number of aryl methyl sites for hydroxylation is 1. The molecule has 0 saturated carbocycles. The second-order valence-electron chi connectivity index (χ2n) is 4.01. The molecule has 0 aliphatic rings. The molecule has 15 heavy (non-hydrogen) atoms. The van der Waals surface area contributed by atoms with E-state index in [2.05, 4.69) is 35.0 Å². The van der Waals surface area contributed by atoms with Crippen molar-refractivity contribution >= 4 is 15.9 Å². The average molecular weight is 272 g/mol. The number of hydrogen-bond donors (Lipinski definition) is 1. The van der Waals surface area contributed by atoms with Crippen molar-refractivity contribution in [2.75, 3.05) is 6.61 Å². The molecule has 0 amide bonds. The number of ether oxygens (including phenoxy) is 1. The van der Waals surface area contributed by atoms with Crippen molar-refractivity contribution in [1.82, 2.24) is 0 Å². The van der Waals surface area contributed by atoms with E-state index in [9.17, 15) is 0 Å². The minimum atomic E-state index is -0.0672. The number of hydrogen-bond acceptors (Lipinski definition) is 2. The zero-order valence-electron chi connectivity index (χ0n) is 9.46. The first-order valence-corrected chi connectivity index (χ1v) is 5.93. The van der Waals surface area contributed by atoms with E-state index in [-0.39, 0.29) is 12.1 Å². The molecule has 0 aromatic heterocycles. The summed E-state index contributed by atoms with van der Waals surface area (Å²) >= 11 is 3.52. The summed E-state index contributed by atoms with van der Waals surface area (Å²) in [6.45, 7) is 6.64. The summed E-state index contributed by atoms with van der Waals surface area (Å²) in [5.74, 6) is 0. The Hall–Kier alpha value is -0.380. The van der Waals surface area contributed by atoms with Gasteiger partial charge in [0.2, 0.25) is 0 Å². The molecule has 0 saturated heterocycles. The van der Waals surface area contributed by atoms with Crippen LogP contribution in [-0.2, 0) is 4.74 Å². The molecular weight excluding hydrogens is 254 g/mol. The van der Waals surface area contributed by atoms with E-state index in [4.69, 9.17) is 10.5 Å². The Labute approximate surface area is 99.9 Å². The Balaban J connectivity index is 2.69. The number of rotatable bonds is 4. The fourth-order valence-corrected chi connectivity index (χ4v) is 2.11. The van der Waals surface area contributed by atoms with E-state index in [0.29, 0.717) is 6.61 Å². The van der Waals surface area contributed by atoms with Gasteiger partial charge in [0.15, 0.2) is 0 Å². The van der Waals surface area contributed by atoms with Crippen molar-refractivity contribution in [3.63, 3.8) is 0 Å². The van der Waals surface area contributed by atoms with Crippen molar-refractivity contribution in [2.24, 2.45) is 5.73 Å². The molecule has 1 aromatic carbocycles. The van der Waals surface area contributed by atoms with Gasteiger partial charge >= 0.3 is 0 Å². The van der Waals surface area contributed by atoms with E-state index in [1.807, 2.05) is 19.9 Å². The molecule has 84 valence electrons.